The predicted molar refractivity (Wildman–Crippen MR) is 80.5 cm³/mol. The second kappa shape index (κ2) is 6.00. The zero-order valence-corrected chi connectivity index (χ0v) is 12.2. The van der Waals surface area contributed by atoms with E-state index in [-0.39, 0.29) is 5.69 Å². The molecule has 2 aromatic rings. The first-order valence-corrected chi connectivity index (χ1v) is 6.65. The first-order chi connectivity index (χ1) is 9.49. The van der Waals surface area contributed by atoms with Crippen molar-refractivity contribution >= 4 is 40.2 Å². The molecule has 0 saturated carbocycles. The minimum atomic E-state index is -1.43. The molecule has 4 nitrogen and oxygen atoms in total. The van der Waals surface area contributed by atoms with Gasteiger partial charge in [0.25, 0.3) is 5.91 Å². The van der Waals surface area contributed by atoms with Crippen LogP contribution in [0.1, 0.15) is 20.7 Å². The smallest absolute Gasteiger partial charge is 0.340 e. The van der Waals surface area contributed by atoms with Crippen LogP contribution in [0.15, 0.2) is 42.5 Å². The lowest BCUT2D eigenvalue weighted by Gasteiger charge is -2.09. The van der Waals surface area contributed by atoms with Crippen molar-refractivity contribution in [2.24, 2.45) is 0 Å². The third kappa shape index (κ3) is 3.13. The third-order valence-electron chi connectivity index (χ3n) is 2.58. The van der Waals surface area contributed by atoms with E-state index in [2.05, 4.69) is 27.9 Å². The van der Waals surface area contributed by atoms with E-state index in [4.69, 9.17) is 5.11 Å². The number of carboxylic acid groups (broad SMARTS) is 1. The van der Waals surface area contributed by atoms with E-state index in [9.17, 15) is 14.0 Å². The van der Waals surface area contributed by atoms with Crippen LogP contribution in [0.25, 0.3) is 0 Å². The average Bonchev–Trinajstić information content (AvgIpc) is 2.39. The highest BCUT2D eigenvalue weighted by molar-refractivity contribution is 14.1. The topological polar surface area (TPSA) is 66.4 Å². The summed E-state index contributed by atoms with van der Waals surface area (Å²) in [5.74, 6) is -2.81. The van der Waals surface area contributed by atoms with Crippen LogP contribution in [0.4, 0.5) is 10.1 Å². The first kappa shape index (κ1) is 14.4. The van der Waals surface area contributed by atoms with Crippen LogP contribution in [-0.4, -0.2) is 17.0 Å². The van der Waals surface area contributed by atoms with Crippen LogP contribution in [0.2, 0.25) is 0 Å². The molecule has 0 atom stereocenters. The van der Waals surface area contributed by atoms with Crippen LogP contribution in [-0.2, 0) is 0 Å². The average molecular weight is 385 g/mol. The minimum absolute atomic E-state index is 0.0685. The Morgan fingerprint density at radius 3 is 2.35 bits per heavy atom. The standard InChI is InChI=1S/C14H9FINO3/c15-10-2-1-3-11(12(10)14(19)20)17-13(18)8-4-6-9(16)7-5-8/h1-7H,(H,17,18)(H,19,20). The molecule has 0 saturated heterocycles. The second-order valence-corrected chi connectivity index (χ2v) is 5.17. The van der Waals surface area contributed by atoms with Crippen LogP contribution < -0.4 is 5.32 Å². The Hall–Kier alpha value is -1.96. The molecule has 6 heteroatoms. The number of carbonyl (C=O) groups is 2. The number of nitrogens with one attached hydrogen (secondary N) is 1. The van der Waals surface area contributed by atoms with Gasteiger partial charge in [0.05, 0.1) is 5.69 Å². The molecule has 2 rings (SSSR count). The summed E-state index contributed by atoms with van der Waals surface area (Å²) in [5, 5.41) is 11.4. The largest absolute Gasteiger partial charge is 0.478 e. The van der Waals surface area contributed by atoms with Crippen LogP contribution in [0.5, 0.6) is 0 Å². The Morgan fingerprint density at radius 1 is 1.10 bits per heavy atom. The Balaban J connectivity index is 2.30. The van der Waals surface area contributed by atoms with Crippen molar-refractivity contribution in [3.8, 4) is 0 Å². The molecule has 102 valence electrons. The van der Waals surface area contributed by atoms with Gasteiger partial charge in [-0.2, -0.15) is 0 Å². The van der Waals surface area contributed by atoms with E-state index in [0.717, 1.165) is 9.64 Å². The molecule has 2 aromatic carbocycles. The number of hydrogen-bond acceptors (Lipinski definition) is 2. The predicted octanol–water partition coefficient (Wildman–Crippen LogP) is 3.38. The second-order valence-electron chi connectivity index (χ2n) is 3.93. The Morgan fingerprint density at radius 2 is 1.75 bits per heavy atom. The van der Waals surface area contributed by atoms with Gasteiger partial charge in [-0.1, -0.05) is 6.07 Å². The van der Waals surface area contributed by atoms with Gasteiger partial charge in [0.2, 0.25) is 0 Å². The van der Waals surface area contributed by atoms with Gasteiger partial charge in [0, 0.05) is 9.13 Å². The fourth-order valence-corrected chi connectivity index (χ4v) is 2.00. The molecule has 0 heterocycles. The summed E-state index contributed by atoms with van der Waals surface area (Å²) in [7, 11) is 0. The van der Waals surface area contributed by atoms with Crippen molar-refractivity contribution < 1.29 is 19.1 Å². The maximum atomic E-state index is 13.5. The van der Waals surface area contributed by atoms with Crippen molar-refractivity contribution in [1.29, 1.82) is 0 Å². The monoisotopic (exact) mass is 385 g/mol. The molecular formula is C14H9FINO3. The van der Waals surface area contributed by atoms with Gasteiger partial charge in [-0.3, -0.25) is 4.79 Å². The first-order valence-electron chi connectivity index (χ1n) is 5.58. The zero-order chi connectivity index (χ0) is 14.7. The van der Waals surface area contributed by atoms with E-state index in [1.54, 1.807) is 24.3 Å². The summed E-state index contributed by atoms with van der Waals surface area (Å²) in [4.78, 5) is 23.0. The summed E-state index contributed by atoms with van der Waals surface area (Å²) in [5.41, 5.74) is -0.251. The summed E-state index contributed by atoms with van der Waals surface area (Å²) in [6, 6.07) is 10.4. The zero-order valence-electron chi connectivity index (χ0n) is 10.1. The number of carbonyl (C=O) groups excluding carboxylic acids is 1. The number of rotatable bonds is 3. The highest BCUT2D eigenvalue weighted by Crippen LogP contribution is 2.20. The molecule has 0 bridgehead atoms. The van der Waals surface area contributed by atoms with E-state index in [0.29, 0.717) is 5.56 Å². The summed E-state index contributed by atoms with van der Waals surface area (Å²) < 4.78 is 14.4. The maximum absolute atomic E-state index is 13.5. The van der Waals surface area contributed by atoms with Crippen molar-refractivity contribution in [2.75, 3.05) is 5.32 Å². The van der Waals surface area contributed by atoms with Crippen LogP contribution in [0, 0.1) is 9.39 Å². The van der Waals surface area contributed by atoms with Crippen molar-refractivity contribution in [2.45, 2.75) is 0 Å². The number of aromatic carboxylic acids is 1. The van der Waals surface area contributed by atoms with Gasteiger partial charge in [0.15, 0.2) is 0 Å². The normalized spacial score (nSPS) is 10.1. The summed E-state index contributed by atoms with van der Waals surface area (Å²) >= 11 is 2.10. The van der Waals surface area contributed by atoms with Gasteiger partial charge in [-0.15, -0.1) is 0 Å². The molecule has 0 unspecified atom stereocenters. The van der Waals surface area contributed by atoms with Gasteiger partial charge in [-0.25, -0.2) is 9.18 Å². The van der Waals surface area contributed by atoms with E-state index in [1.165, 1.54) is 12.1 Å². The molecule has 20 heavy (non-hydrogen) atoms. The van der Waals surface area contributed by atoms with Gasteiger partial charge >= 0.3 is 5.97 Å². The van der Waals surface area contributed by atoms with Gasteiger partial charge in [0.1, 0.15) is 11.4 Å². The van der Waals surface area contributed by atoms with Crippen molar-refractivity contribution in [3.63, 3.8) is 0 Å². The van der Waals surface area contributed by atoms with Crippen LogP contribution >= 0.6 is 22.6 Å². The van der Waals surface area contributed by atoms with E-state index >= 15 is 0 Å². The number of carboxylic acids is 1. The quantitative estimate of drug-likeness (QED) is 0.797. The minimum Gasteiger partial charge on any atom is -0.478 e. The Bertz CT molecular complexity index is 671. The fourth-order valence-electron chi connectivity index (χ4n) is 1.64. The van der Waals surface area contributed by atoms with E-state index < -0.39 is 23.3 Å². The van der Waals surface area contributed by atoms with Gasteiger partial charge in [-0.05, 0) is 59.0 Å². The van der Waals surface area contributed by atoms with Gasteiger partial charge < -0.3 is 10.4 Å². The summed E-state index contributed by atoms with van der Waals surface area (Å²) in [6.45, 7) is 0. The summed E-state index contributed by atoms with van der Waals surface area (Å²) in [6.07, 6.45) is 0. The number of amides is 1. The van der Waals surface area contributed by atoms with Crippen molar-refractivity contribution in [1.82, 2.24) is 0 Å². The molecule has 0 aliphatic heterocycles. The maximum Gasteiger partial charge on any atom is 0.340 e. The molecule has 0 radical (unpaired) electrons. The lowest BCUT2D eigenvalue weighted by molar-refractivity contribution is 0.0693. The lowest BCUT2D eigenvalue weighted by atomic mass is 10.1. The number of hydrogen-bond donors (Lipinski definition) is 2. The van der Waals surface area contributed by atoms with E-state index in [1.807, 2.05) is 0 Å². The lowest BCUT2D eigenvalue weighted by Crippen LogP contribution is -2.15. The molecular weight excluding hydrogens is 376 g/mol. The van der Waals surface area contributed by atoms with Crippen LogP contribution in [0.3, 0.4) is 0 Å². The van der Waals surface area contributed by atoms with Crippen molar-refractivity contribution in [3.05, 3.63) is 63.0 Å². The molecule has 0 spiro atoms. The molecule has 2 N–H and O–H groups in total. The Kier molecular flexibility index (Phi) is 4.33. The number of anilines is 1. The molecule has 0 fully saturated rings. The number of halogens is 2. The highest BCUT2D eigenvalue weighted by Gasteiger charge is 2.17. The number of benzene rings is 2. The third-order valence-corrected chi connectivity index (χ3v) is 3.30. The highest BCUT2D eigenvalue weighted by atomic mass is 127. The fraction of sp³-hybridized carbons (Fsp3) is 0. The Labute approximate surface area is 127 Å². The molecule has 0 aromatic heterocycles. The molecule has 1 amide bonds. The molecule has 0 aliphatic carbocycles. The SMILES string of the molecule is O=C(Nc1cccc(F)c1C(=O)O)c1ccc(I)cc1. The molecule has 0 aliphatic rings.